The Balaban J connectivity index is 1.74. The van der Waals surface area contributed by atoms with Crippen molar-refractivity contribution < 1.29 is 9.47 Å². The van der Waals surface area contributed by atoms with Crippen molar-refractivity contribution in [3.8, 4) is 6.07 Å². The van der Waals surface area contributed by atoms with Gasteiger partial charge in [-0.2, -0.15) is 5.26 Å². The molecule has 1 aliphatic heterocycles. The molecule has 1 fully saturated rings. The van der Waals surface area contributed by atoms with E-state index in [-0.39, 0.29) is 6.10 Å². The number of benzene rings is 1. The highest BCUT2D eigenvalue weighted by Gasteiger charge is 2.32. The third kappa shape index (κ3) is 4.10. The minimum Gasteiger partial charge on any atom is -0.383 e. The van der Waals surface area contributed by atoms with E-state index in [1.165, 1.54) is 5.69 Å². The van der Waals surface area contributed by atoms with Crippen molar-refractivity contribution in [2.24, 2.45) is 0 Å². The van der Waals surface area contributed by atoms with E-state index >= 15 is 0 Å². The van der Waals surface area contributed by atoms with Crippen LogP contribution >= 0.6 is 0 Å². The average Bonchev–Trinajstić information content (AvgIpc) is 3.23. The van der Waals surface area contributed by atoms with Crippen LogP contribution in [-0.4, -0.2) is 49.0 Å². The summed E-state index contributed by atoms with van der Waals surface area (Å²) in [5, 5.41) is 9.30. The molecule has 0 bridgehead atoms. The highest BCUT2D eigenvalue weighted by atomic mass is 16.5. The Labute approximate surface area is 149 Å². The van der Waals surface area contributed by atoms with Gasteiger partial charge in [-0.05, 0) is 30.2 Å². The quantitative estimate of drug-likeness (QED) is 0.778. The van der Waals surface area contributed by atoms with E-state index in [1.807, 2.05) is 24.3 Å². The van der Waals surface area contributed by atoms with Crippen molar-refractivity contribution in [2.75, 3.05) is 27.4 Å². The number of hydrogen-bond donors (Lipinski definition) is 0. The fraction of sp³-hybridized carbons (Fsp3) is 0.450. The molecule has 0 spiro atoms. The molecule has 2 aromatic rings. The van der Waals surface area contributed by atoms with E-state index in [0.717, 1.165) is 37.2 Å². The van der Waals surface area contributed by atoms with Gasteiger partial charge in [0.2, 0.25) is 0 Å². The number of nitrogens with zero attached hydrogens (tertiary/aromatic N) is 3. The first-order chi connectivity index (χ1) is 12.2. The van der Waals surface area contributed by atoms with Crippen molar-refractivity contribution in [3.05, 3.63) is 59.4 Å². The first kappa shape index (κ1) is 17.7. The van der Waals surface area contributed by atoms with E-state index in [0.29, 0.717) is 12.6 Å². The van der Waals surface area contributed by atoms with E-state index in [1.54, 1.807) is 14.2 Å². The smallest absolute Gasteiger partial charge is 0.0995 e. The zero-order valence-corrected chi connectivity index (χ0v) is 14.9. The van der Waals surface area contributed by atoms with Crippen LogP contribution in [0.1, 0.15) is 23.2 Å². The molecule has 5 nitrogen and oxygen atoms in total. The lowest BCUT2D eigenvalue weighted by atomic mass is 10.1. The maximum absolute atomic E-state index is 9.30. The molecule has 3 rings (SSSR count). The summed E-state index contributed by atoms with van der Waals surface area (Å²) in [5.41, 5.74) is 3.03. The molecular formula is C20H25N3O2. The van der Waals surface area contributed by atoms with Crippen LogP contribution in [0.2, 0.25) is 0 Å². The fourth-order valence-electron chi connectivity index (χ4n) is 3.57. The lowest BCUT2D eigenvalue weighted by Gasteiger charge is -2.24. The van der Waals surface area contributed by atoms with Gasteiger partial charge in [-0.3, -0.25) is 4.90 Å². The molecule has 1 aromatic carbocycles. The van der Waals surface area contributed by atoms with Gasteiger partial charge in [0.15, 0.2) is 0 Å². The number of aromatic nitrogens is 1. The minimum absolute atomic E-state index is 0.267. The molecule has 2 heterocycles. The third-order valence-electron chi connectivity index (χ3n) is 4.95. The minimum atomic E-state index is 0.267. The Morgan fingerprint density at radius 2 is 2.00 bits per heavy atom. The summed E-state index contributed by atoms with van der Waals surface area (Å²) >= 11 is 0. The zero-order valence-electron chi connectivity index (χ0n) is 14.9. The molecule has 25 heavy (non-hydrogen) atoms. The Bertz CT molecular complexity index is 735. The van der Waals surface area contributed by atoms with E-state index in [4.69, 9.17) is 9.47 Å². The number of nitriles is 1. The topological polar surface area (TPSA) is 50.4 Å². The first-order valence-corrected chi connectivity index (χ1v) is 8.63. The average molecular weight is 339 g/mol. The highest BCUT2D eigenvalue weighted by Crippen LogP contribution is 2.23. The molecule has 0 N–H and O–H groups in total. The maximum atomic E-state index is 9.30. The van der Waals surface area contributed by atoms with Gasteiger partial charge in [-0.25, -0.2) is 0 Å². The van der Waals surface area contributed by atoms with Gasteiger partial charge in [-0.1, -0.05) is 18.2 Å². The van der Waals surface area contributed by atoms with Gasteiger partial charge in [-0.15, -0.1) is 0 Å². The Morgan fingerprint density at radius 1 is 1.16 bits per heavy atom. The largest absolute Gasteiger partial charge is 0.383 e. The number of hydrogen-bond acceptors (Lipinski definition) is 4. The molecule has 5 heteroatoms. The van der Waals surface area contributed by atoms with Crippen LogP contribution in [-0.2, 0) is 22.6 Å². The van der Waals surface area contributed by atoms with Gasteiger partial charge in [0.05, 0.1) is 24.3 Å². The second-order valence-electron chi connectivity index (χ2n) is 6.53. The van der Waals surface area contributed by atoms with Gasteiger partial charge in [0, 0.05) is 51.8 Å². The number of methoxy groups -OCH3 is 2. The van der Waals surface area contributed by atoms with Crippen molar-refractivity contribution in [1.82, 2.24) is 9.47 Å². The number of ether oxygens (including phenoxy) is 2. The molecule has 1 aromatic heterocycles. The van der Waals surface area contributed by atoms with Crippen LogP contribution < -0.4 is 0 Å². The lowest BCUT2D eigenvalue weighted by molar-refractivity contribution is 0.105. The monoisotopic (exact) mass is 339 g/mol. The summed E-state index contributed by atoms with van der Waals surface area (Å²) in [7, 11) is 3.53. The van der Waals surface area contributed by atoms with E-state index in [2.05, 4.69) is 33.9 Å². The fourth-order valence-corrected chi connectivity index (χ4v) is 3.57. The second-order valence-corrected chi connectivity index (χ2v) is 6.53. The van der Waals surface area contributed by atoms with Crippen molar-refractivity contribution in [1.29, 1.82) is 5.26 Å². The van der Waals surface area contributed by atoms with Gasteiger partial charge < -0.3 is 14.0 Å². The summed E-state index contributed by atoms with van der Waals surface area (Å²) in [6, 6.07) is 14.7. The lowest BCUT2D eigenvalue weighted by Crippen LogP contribution is -2.33. The molecule has 2 atom stereocenters. The molecule has 0 unspecified atom stereocenters. The predicted octanol–water partition coefficient (Wildman–Crippen LogP) is 2.64. The van der Waals surface area contributed by atoms with Crippen LogP contribution in [0, 0.1) is 11.3 Å². The molecule has 132 valence electrons. The third-order valence-corrected chi connectivity index (χ3v) is 4.95. The number of rotatable bonds is 7. The standard InChI is InChI=1S/C20H25N3O2/c1-24-15-19-10-20(25-2)14-23(19)13-18-8-5-9-22(18)12-17-7-4-3-6-16(17)11-21/h3-9,19-20H,10,12-15H2,1-2H3/t19-,20+/m0/s1. The van der Waals surface area contributed by atoms with Crippen LogP contribution in [0.15, 0.2) is 42.6 Å². The van der Waals surface area contributed by atoms with Gasteiger partial charge in [0.25, 0.3) is 0 Å². The van der Waals surface area contributed by atoms with Gasteiger partial charge in [0.1, 0.15) is 0 Å². The molecule has 0 saturated carbocycles. The van der Waals surface area contributed by atoms with Crippen molar-refractivity contribution in [3.63, 3.8) is 0 Å². The SMILES string of the molecule is COC[C@@H]1C[C@@H](OC)CN1Cc1cccn1Cc1ccccc1C#N. The predicted molar refractivity (Wildman–Crippen MR) is 96.2 cm³/mol. The summed E-state index contributed by atoms with van der Waals surface area (Å²) < 4.78 is 13.2. The second kappa shape index (κ2) is 8.30. The summed E-state index contributed by atoms with van der Waals surface area (Å²) in [6.45, 7) is 3.21. The molecular weight excluding hydrogens is 314 g/mol. The summed E-state index contributed by atoms with van der Waals surface area (Å²) in [6.07, 6.45) is 3.35. The molecule has 0 aliphatic carbocycles. The Kier molecular flexibility index (Phi) is 5.87. The molecule has 1 aliphatic rings. The highest BCUT2D eigenvalue weighted by molar-refractivity contribution is 5.37. The van der Waals surface area contributed by atoms with Crippen LogP contribution in [0.25, 0.3) is 0 Å². The van der Waals surface area contributed by atoms with E-state index in [9.17, 15) is 5.26 Å². The van der Waals surface area contributed by atoms with Crippen molar-refractivity contribution in [2.45, 2.75) is 31.7 Å². The van der Waals surface area contributed by atoms with Crippen LogP contribution in [0.5, 0.6) is 0 Å². The summed E-state index contributed by atoms with van der Waals surface area (Å²) in [5.74, 6) is 0. The van der Waals surface area contributed by atoms with Gasteiger partial charge >= 0.3 is 0 Å². The summed E-state index contributed by atoms with van der Waals surface area (Å²) in [4.78, 5) is 2.43. The number of likely N-dealkylation sites (tertiary alicyclic amines) is 1. The first-order valence-electron chi connectivity index (χ1n) is 8.63. The van der Waals surface area contributed by atoms with Crippen molar-refractivity contribution >= 4 is 0 Å². The normalized spacial score (nSPS) is 20.7. The van der Waals surface area contributed by atoms with E-state index < -0.39 is 0 Å². The molecule has 1 saturated heterocycles. The molecule has 0 radical (unpaired) electrons. The maximum Gasteiger partial charge on any atom is 0.0995 e. The Morgan fingerprint density at radius 3 is 2.76 bits per heavy atom. The van der Waals surface area contributed by atoms with Crippen LogP contribution in [0.3, 0.4) is 0 Å². The Hall–Kier alpha value is -2.13. The zero-order chi connectivity index (χ0) is 17.6. The van der Waals surface area contributed by atoms with Crippen LogP contribution in [0.4, 0.5) is 0 Å². The molecule has 0 amide bonds.